The van der Waals surface area contributed by atoms with Gasteiger partial charge in [-0.2, -0.15) is 0 Å². The molecular formula is C14H27BO3. The average molecular weight is 254 g/mol. The first-order valence-corrected chi connectivity index (χ1v) is 6.77. The molecule has 0 spiro atoms. The Kier molecular flexibility index (Phi) is 4.36. The monoisotopic (exact) mass is 254 g/mol. The smallest absolute Gasteiger partial charge is 0.403 e. The molecule has 0 aromatic rings. The maximum absolute atomic E-state index is 10.0. The third-order valence-electron chi connectivity index (χ3n) is 4.03. The van der Waals surface area contributed by atoms with Crippen molar-refractivity contribution in [2.75, 3.05) is 0 Å². The molecule has 0 aliphatic carbocycles. The topological polar surface area (TPSA) is 38.7 Å². The van der Waals surface area contributed by atoms with Crippen molar-refractivity contribution in [3.63, 3.8) is 0 Å². The summed E-state index contributed by atoms with van der Waals surface area (Å²) < 4.78 is 11.8. The Bertz CT molecular complexity index is 310. The lowest BCUT2D eigenvalue weighted by Crippen LogP contribution is -2.41. The second kappa shape index (κ2) is 4.99. The fourth-order valence-corrected chi connectivity index (χ4v) is 2.13. The lowest BCUT2D eigenvalue weighted by molar-refractivity contribution is 0.00578. The molecule has 0 saturated carbocycles. The third kappa shape index (κ3) is 3.37. The summed E-state index contributed by atoms with van der Waals surface area (Å²) in [6, 6.07) is 0. The highest BCUT2D eigenvalue weighted by atomic mass is 16.7. The van der Waals surface area contributed by atoms with Crippen LogP contribution in [0.1, 0.15) is 54.9 Å². The zero-order valence-corrected chi connectivity index (χ0v) is 12.8. The standard InChI is InChI=1S/C14H27BO3/c1-8-11(12(2,3)16)9-10-15-17-13(4,5)14(6,7)18-15/h9,16H,8,10H2,1-7H3/b11-9+. The number of allylic oxidation sites excluding steroid dienone is 1. The van der Waals surface area contributed by atoms with Crippen LogP contribution in [0.15, 0.2) is 11.6 Å². The summed E-state index contributed by atoms with van der Waals surface area (Å²) in [5.74, 6) is 0. The van der Waals surface area contributed by atoms with Crippen molar-refractivity contribution in [1.29, 1.82) is 0 Å². The quantitative estimate of drug-likeness (QED) is 0.618. The zero-order valence-electron chi connectivity index (χ0n) is 12.8. The lowest BCUT2D eigenvalue weighted by atomic mass is 9.81. The number of aliphatic hydroxyl groups is 1. The molecule has 0 bridgehead atoms. The van der Waals surface area contributed by atoms with Gasteiger partial charge in [0.2, 0.25) is 0 Å². The fraction of sp³-hybridized carbons (Fsp3) is 0.857. The van der Waals surface area contributed by atoms with Crippen LogP contribution in [0.3, 0.4) is 0 Å². The van der Waals surface area contributed by atoms with Gasteiger partial charge in [0.1, 0.15) is 0 Å². The fourth-order valence-electron chi connectivity index (χ4n) is 2.13. The van der Waals surface area contributed by atoms with Gasteiger partial charge in [0.25, 0.3) is 0 Å². The van der Waals surface area contributed by atoms with Gasteiger partial charge in [-0.05, 0) is 53.5 Å². The van der Waals surface area contributed by atoms with E-state index in [2.05, 4.69) is 0 Å². The Morgan fingerprint density at radius 1 is 1.17 bits per heavy atom. The van der Waals surface area contributed by atoms with Gasteiger partial charge in [0.15, 0.2) is 0 Å². The van der Waals surface area contributed by atoms with Gasteiger partial charge >= 0.3 is 7.12 Å². The van der Waals surface area contributed by atoms with Crippen LogP contribution in [-0.4, -0.2) is 29.0 Å². The van der Waals surface area contributed by atoms with Crippen LogP contribution in [0.2, 0.25) is 6.32 Å². The van der Waals surface area contributed by atoms with Crippen LogP contribution in [0.5, 0.6) is 0 Å². The van der Waals surface area contributed by atoms with E-state index in [-0.39, 0.29) is 18.3 Å². The molecule has 1 saturated heterocycles. The maximum Gasteiger partial charge on any atom is 0.461 e. The first kappa shape index (κ1) is 15.7. The predicted octanol–water partition coefficient (Wildman–Crippen LogP) is 3.19. The molecule has 0 unspecified atom stereocenters. The van der Waals surface area contributed by atoms with E-state index in [1.807, 2.05) is 54.5 Å². The van der Waals surface area contributed by atoms with Crippen LogP contribution in [-0.2, 0) is 9.31 Å². The van der Waals surface area contributed by atoms with Crippen molar-refractivity contribution in [3.05, 3.63) is 11.6 Å². The van der Waals surface area contributed by atoms with Crippen molar-refractivity contribution in [2.45, 2.75) is 78.0 Å². The Hall–Kier alpha value is -0.315. The van der Waals surface area contributed by atoms with E-state index in [0.29, 0.717) is 6.32 Å². The zero-order chi connectivity index (χ0) is 14.2. The number of rotatable bonds is 4. The number of hydrogen-bond donors (Lipinski definition) is 1. The van der Waals surface area contributed by atoms with Crippen molar-refractivity contribution in [3.8, 4) is 0 Å². The molecule has 0 radical (unpaired) electrons. The van der Waals surface area contributed by atoms with E-state index in [1.165, 1.54) is 0 Å². The summed E-state index contributed by atoms with van der Waals surface area (Å²) in [7, 11) is -0.223. The summed E-state index contributed by atoms with van der Waals surface area (Å²) >= 11 is 0. The Labute approximate surface area is 112 Å². The van der Waals surface area contributed by atoms with E-state index in [1.54, 1.807) is 0 Å². The Balaban J connectivity index is 2.69. The molecule has 0 atom stereocenters. The van der Waals surface area contributed by atoms with Crippen molar-refractivity contribution in [2.24, 2.45) is 0 Å². The average Bonchev–Trinajstić information content (AvgIpc) is 2.33. The molecule has 0 aromatic carbocycles. The molecule has 1 N–H and O–H groups in total. The van der Waals surface area contributed by atoms with Gasteiger partial charge in [0.05, 0.1) is 16.8 Å². The molecule has 104 valence electrons. The maximum atomic E-state index is 10.0. The van der Waals surface area contributed by atoms with Crippen molar-refractivity contribution >= 4 is 7.12 Å². The summed E-state index contributed by atoms with van der Waals surface area (Å²) in [5, 5.41) is 10.0. The van der Waals surface area contributed by atoms with Gasteiger partial charge in [0, 0.05) is 6.32 Å². The summed E-state index contributed by atoms with van der Waals surface area (Å²) in [4.78, 5) is 0. The number of hydrogen-bond acceptors (Lipinski definition) is 3. The van der Waals surface area contributed by atoms with Crippen LogP contribution >= 0.6 is 0 Å². The van der Waals surface area contributed by atoms with Crippen LogP contribution < -0.4 is 0 Å². The van der Waals surface area contributed by atoms with Gasteiger partial charge in [-0.15, -0.1) is 0 Å². The highest BCUT2D eigenvalue weighted by Crippen LogP contribution is 2.38. The minimum absolute atomic E-state index is 0.223. The molecule has 0 aromatic heterocycles. The first-order chi connectivity index (χ1) is 7.99. The largest absolute Gasteiger partial charge is 0.461 e. The first-order valence-electron chi connectivity index (χ1n) is 6.77. The summed E-state index contributed by atoms with van der Waals surface area (Å²) in [6.45, 7) is 13.9. The molecule has 4 heteroatoms. The van der Waals surface area contributed by atoms with Gasteiger partial charge < -0.3 is 14.4 Å². The van der Waals surface area contributed by atoms with Crippen molar-refractivity contribution < 1.29 is 14.4 Å². The van der Waals surface area contributed by atoms with Crippen LogP contribution in [0.4, 0.5) is 0 Å². The van der Waals surface area contributed by atoms with E-state index < -0.39 is 5.60 Å². The van der Waals surface area contributed by atoms with Gasteiger partial charge in [-0.1, -0.05) is 13.0 Å². The van der Waals surface area contributed by atoms with E-state index in [9.17, 15) is 5.11 Å². The third-order valence-corrected chi connectivity index (χ3v) is 4.03. The van der Waals surface area contributed by atoms with Gasteiger partial charge in [-0.3, -0.25) is 0 Å². The molecule has 1 rings (SSSR count). The minimum Gasteiger partial charge on any atom is -0.403 e. The highest BCUT2D eigenvalue weighted by molar-refractivity contribution is 6.46. The molecule has 1 fully saturated rings. The Morgan fingerprint density at radius 2 is 1.61 bits per heavy atom. The molecule has 3 nitrogen and oxygen atoms in total. The molecule has 1 heterocycles. The molecule has 18 heavy (non-hydrogen) atoms. The van der Waals surface area contributed by atoms with E-state index in [4.69, 9.17) is 9.31 Å². The second-order valence-electron chi connectivity index (χ2n) is 6.56. The van der Waals surface area contributed by atoms with Crippen molar-refractivity contribution in [1.82, 2.24) is 0 Å². The summed E-state index contributed by atoms with van der Waals surface area (Å²) in [6.07, 6.45) is 3.56. The molecule has 1 aliphatic heterocycles. The Morgan fingerprint density at radius 3 is 1.94 bits per heavy atom. The highest BCUT2D eigenvalue weighted by Gasteiger charge is 2.50. The molecule has 1 aliphatic rings. The van der Waals surface area contributed by atoms with Crippen LogP contribution in [0, 0.1) is 0 Å². The molecular weight excluding hydrogens is 227 g/mol. The lowest BCUT2D eigenvalue weighted by Gasteiger charge is -2.32. The SMILES string of the molecule is CC/C(=C\CB1OC(C)(C)C(C)(C)O1)C(C)(C)O. The summed E-state index contributed by atoms with van der Waals surface area (Å²) in [5.41, 5.74) is -0.310. The van der Waals surface area contributed by atoms with E-state index in [0.717, 1.165) is 12.0 Å². The molecule has 0 amide bonds. The normalized spacial score (nSPS) is 23.6. The van der Waals surface area contributed by atoms with E-state index >= 15 is 0 Å². The van der Waals surface area contributed by atoms with Crippen LogP contribution in [0.25, 0.3) is 0 Å². The minimum atomic E-state index is -0.765. The van der Waals surface area contributed by atoms with Gasteiger partial charge in [-0.25, -0.2) is 0 Å². The predicted molar refractivity (Wildman–Crippen MR) is 75.6 cm³/mol. The second-order valence-corrected chi connectivity index (χ2v) is 6.56.